The summed E-state index contributed by atoms with van der Waals surface area (Å²) in [5.74, 6) is 0.500. The van der Waals surface area contributed by atoms with Crippen LogP contribution in [0.1, 0.15) is 11.3 Å². The molecular formula is C22H21N5O2S2. The Morgan fingerprint density at radius 2 is 2.03 bits per heavy atom. The van der Waals surface area contributed by atoms with Crippen LogP contribution >= 0.6 is 23.1 Å². The standard InChI is InChI=1S/C22H21N5O2S2/c1-4-10-26-21(29)17-9-11-30-20(17)24-22(26)31-13-19(28)23-18-12-15(3)25-27(18)16-7-5-14(2)6-8-16/h4-9,11-12H,1,10,13H2,2-3H3,(H,23,28). The predicted octanol–water partition coefficient (Wildman–Crippen LogP) is 4.18. The molecule has 7 nitrogen and oxygen atoms in total. The van der Waals surface area contributed by atoms with Crippen LogP contribution in [0.2, 0.25) is 0 Å². The molecular weight excluding hydrogens is 430 g/mol. The third kappa shape index (κ3) is 4.47. The number of thiophene rings is 1. The number of amides is 1. The molecule has 0 aliphatic heterocycles. The number of hydrogen-bond donors (Lipinski definition) is 1. The summed E-state index contributed by atoms with van der Waals surface area (Å²) >= 11 is 2.63. The molecule has 3 heterocycles. The molecule has 3 aromatic heterocycles. The van der Waals surface area contributed by atoms with Gasteiger partial charge < -0.3 is 5.32 Å². The van der Waals surface area contributed by atoms with Gasteiger partial charge in [-0.3, -0.25) is 14.2 Å². The molecule has 158 valence electrons. The third-order valence-corrected chi connectivity index (χ3v) is 6.35. The molecule has 0 saturated carbocycles. The second kappa shape index (κ2) is 8.91. The highest BCUT2D eigenvalue weighted by Crippen LogP contribution is 2.22. The molecule has 9 heteroatoms. The highest BCUT2D eigenvalue weighted by molar-refractivity contribution is 7.99. The summed E-state index contributed by atoms with van der Waals surface area (Å²) in [4.78, 5) is 30.7. The van der Waals surface area contributed by atoms with Crippen LogP contribution in [-0.2, 0) is 11.3 Å². The minimum atomic E-state index is -0.205. The van der Waals surface area contributed by atoms with E-state index in [0.717, 1.165) is 16.9 Å². The minimum Gasteiger partial charge on any atom is -0.310 e. The number of nitrogens with one attached hydrogen (secondary N) is 1. The summed E-state index contributed by atoms with van der Waals surface area (Å²) < 4.78 is 3.25. The molecule has 0 aliphatic rings. The lowest BCUT2D eigenvalue weighted by atomic mass is 10.2. The summed E-state index contributed by atoms with van der Waals surface area (Å²) in [5.41, 5.74) is 2.69. The van der Waals surface area contributed by atoms with Gasteiger partial charge in [0.2, 0.25) is 5.91 Å². The molecule has 0 atom stereocenters. The van der Waals surface area contributed by atoms with Crippen LogP contribution in [0.15, 0.2) is 64.4 Å². The molecule has 0 radical (unpaired) electrons. The number of rotatable bonds is 7. The smallest absolute Gasteiger partial charge is 0.263 e. The number of aromatic nitrogens is 4. The number of hydrogen-bond acceptors (Lipinski definition) is 6. The lowest BCUT2D eigenvalue weighted by Crippen LogP contribution is -2.23. The number of allylic oxidation sites excluding steroid dienone is 1. The first-order chi connectivity index (χ1) is 15.0. The topological polar surface area (TPSA) is 81.8 Å². The van der Waals surface area contributed by atoms with Crippen molar-refractivity contribution >= 4 is 45.0 Å². The van der Waals surface area contributed by atoms with E-state index in [1.54, 1.807) is 21.4 Å². The molecule has 1 N–H and O–H groups in total. The molecule has 0 unspecified atom stereocenters. The number of nitrogens with zero attached hydrogens (tertiary/aromatic N) is 4. The highest BCUT2D eigenvalue weighted by atomic mass is 32.2. The molecule has 0 fully saturated rings. The van der Waals surface area contributed by atoms with Crippen LogP contribution in [-0.4, -0.2) is 31.0 Å². The van der Waals surface area contributed by atoms with Gasteiger partial charge in [0.15, 0.2) is 5.16 Å². The van der Waals surface area contributed by atoms with Gasteiger partial charge in [-0.25, -0.2) is 9.67 Å². The first-order valence-corrected chi connectivity index (χ1v) is 11.5. The van der Waals surface area contributed by atoms with E-state index in [2.05, 4.69) is 22.0 Å². The maximum Gasteiger partial charge on any atom is 0.263 e. The van der Waals surface area contributed by atoms with Gasteiger partial charge in [-0.2, -0.15) is 5.10 Å². The van der Waals surface area contributed by atoms with Gasteiger partial charge >= 0.3 is 0 Å². The van der Waals surface area contributed by atoms with Crippen molar-refractivity contribution in [2.24, 2.45) is 0 Å². The average molecular weight is 452 g/mol. The fourth-order valence-corrected chi connectivity index (χ4v) is 4.72. The SMILES string of the molecule is C=CCn1c(SCC(=O)Nc2cc(C)nn2-c2ccc(C)cc2)nc2sccc2c1=O. The first-order valence-electron chi connectivity index (χ1n) is 9.61. The van der Waals surface area contributed by atoms with Crippen LogP contribution in [0.4, 0.5) is 5.82 Å². The molecule has 4 rings (SSSR count). The molecule has 31 heavy (non-hydrogen) atoms. The van der Waals surface area contributed by atoms with Crippen LogP contribution in [0.5, 0.6) is 0 Å². The Balaban J connectivity index is 1.53. The number of anilines is 1. The number of carbonyl (C=O) groups excluding carboxylic acids is 1. The van der Waals surface area contributed by atoms with Gasteiger partial charge in [-0.05, 0) is 37.4 Å². The van der Waals surface area contributed by atoms with Gasteiger partial charge in [0, 0.05) is 12.6 Å². The van der Waals surface area contributed by atoms with Crippen molar-refractivity contribution in [2.75, 3.05) is 11.1 Å². The zero-order valence-electron chi connectivity index (χ0n) is 17.2. The van der Waals surface area contributed by atoms with Gasteiger partial charge in [-0.15, -0.1) is 17.9 Å². The summed E-state index contributed by atoms with van der Waals surface area (Å²) in [6, 6.07) is 11.5. The minimum absolute atomic E-state index is 0.110. The average Bonchev–Trinajstić information content (AvgIpc) is 3.36. The van der Waals surface area contributed by atoms with E-state index in [1.165, 1.54) is 23.1 Å². The third-order valence-electron chi connectivity index (χ3n) is 4.57. The van der Waals surface area contributed by atoms with E-state index in [9.17, 15) is 9.59 Å². The Morgan fingerprint density at radius 3 is 2.77 bits per heavy atom. The van der Waals surface area contributed by atoms with Crippen molar-refractivity contribution in [3.8, 4) is 5.69 Å². The lowest BCUT2D eigenvalue weighted by molar-refractivity contribution is -0.113. The largest absolute Gasteiger partial charge is 0.310 e. The maximum absolute atomic E-state index is 12.7. The van der Waals surface area contributed by atoms with E-state index in [-0.39, 0.29) is 17.2 Å². The molecule has 1 aromatic carbocycles. The summed E-state index contributed by atoms with van der Waals surface area (Å²) in [5, 5.41) is 10.3. The van der Waals surface area contributed by atoms with Gasteiger partial charge in [-0.1, -0.05) is 35.5 Å². The summed E-state index contributed by atoms with van der Waals surface area (Å²) in [6.45, 7) is 7.95. The first kappa shape index (κ1) is 21.1. The Morgan fingerprint density at radius 1 is 1.26 bits per heavy atom. The van der Waals surface area contributed by atoms with Crippen molar-refractivity contribution in [3.05, 3.63) is 76.0 Å². The molecule has 0 spiro atoms. The molecule has 4 aromatic rings. The van der Waals surface area contributed by atoms with Gasteiger partial charge in [0.1, 0.15) is 10.6 Å². The maximum atomic E-state index is 12.7. The van der Waals surface area contributed by atoms with Crippen LogP contribution in [0.3, 0.4) is 0 Å². The lowest BCUT2D eigenvalue weighted by Gasteiger charge is -2.11. The molecule has 1 amide bonds. The number of carbonyl (C=O) groups is 1. The predicted molar refractivity (Wildman–Crippen MR) is 126 cm³/mol. The van der Waals surface area contributed by atoms with Crippen molar-refractivity contribution in [1.29, 1.82) is 0 Å². The van der Waals surface area contributed by atoms with E-state index < -0.39 is 0 Å². The Labute approximate surface area is 187 Å². The Hall–Kier alpha value is -3.17. The van der Waals surface area contributed by atoms with Gasteiger partial charge in [0.05, 0.1) is 22.5 Å². The van der Waals surface area contributed by atoms with E-state index in [1.807, 2.05) is 49.6 Å². The Bertz CT molecular complexity index is 1320. The van der Waals surface area contributed by atoms with E-state index in [4.69, 9.17) is 0 Å². The summed E-state index contributed by atoms with van der Waals surface area (Å²) in [6.07, 6.45) is 1.65. The van der Waals surface area contributed by atoms with Crippen molar-refractivity contribution in [3.63, 3.8) is 0 Å². The zero-order valence-corrected chi connectivity index (χ0v) is 18.8. The normalized spacial score (nSPS) is 11.0. The monoisotopic (exact) mass is 451 g/mol. The molecule has 0 saturated heterocycles. The summed E-state index contributed by atoms with van der Waals surface area (Å²) in [7, 11) is 0. The zero-order chi connectivity index (χ0) is 22.0. The van der Waals surface area contributed by atoms with Crippen LogP contribution < -0.4 is 10.9 Å². The number of thioether (sulfide) groups is 1. The van der Waals surface area contributed by atoms with E-state index >= 15 is 0 Å². The number of aryl methyl sites for hydroxylation is 2. The molecule has 0 bridgehead atoms. The molecule has 0 aliphatic carbocycles. The second-order valence-corrected chi connectivity index (χ2v) is 8.83. The Kier molecular flexibility index (Phi) is 6.06. The highest BCUT2D eigenvalue weighted by Gasteiger charge is 2.15. The van der Waals surface area contributed by atoms with Crippen molar-refractivity contribution in [2.45, 2.75) is 25.5 Å². The van der Waals surface area contributed by atoms with Crippen molar-refractivity contribution < 1.29 is 4.79 Å². The fraction of sp³-hybridized carbons (Fsp3) is 0.182. The van der Waals surface area contributed by atoms with Crippen LogP contribution in [0, 0.1) is 13.8 Å². The van der Waals surface area contributed by atoms with E-state index in [0.29, 0.717) is 27.7 Å². The number of fused-ring (bicyclic) bond motifs is 1. The van der Waals surface area contributed by atoms with Gasteiger partial charge in [0.25, 0.3) is 5.56 Å². The second-order valence-electron chi connectivity index (χ2n) is 6.99. The van der Waals surface area contributed by atoms with Crippen molar-refractivity contribution in [1.82, 2.24) is 19.3 Å². The number of benzene rings is 1. The quantitative estimate of drug-likeness (QED) is 0.259. The fourth-order valence-electron chi connectivity index (χ4n) is 3.11. The van der Waals surface area contributed by atoms with Crippen LogP contribution in [0.25, 0.3) is 15.9 Å².